The van der Waals surface area contributed by atoms with E-state index in [1.165, 1.54) is 6.07 Å². The van der Waals surface area contributed by atoms with Gasteiger partial charge in [0.2, 0.25) is 10.0 Å². The topological polar surface area (TPSA) is 81.4 Å². The molecular formula is C10H16F2N2O3S2. The molecule has 1 aromatic rings. The molecule has 0 bridgehead atoms. The summed E-state index contributed by atoms with van der Waals surface area (Å²) in [4.78, 5) is 0.800. The van der Waals surface area contributed by atoms with E-state index in [9.17, 15) is 17.2 Å². The number of hydrogen-bond acceptors (Lipinski definition) is 5. The normalized spacial score (nSPS) is 12.3. The van der Waals surface area contributed by atoms with Crippen LogP contribution in [0.3, 0.4) is 0 Å². The maximum absolute atomic E-state index is 11.9. The smallest absolute Gasteiger partial charge is 0.261 e. The predicted molar refractivity (Wildman–Crippen MR) is 69.0 cm³/mol. The first kappa shape index (κ1) is 16.4. The van der Waals surface area contributed by atoms with Crippen LogP contribution >= 0.6 is 11.3 Å². The minimum absolute atomic E-state index is 0.0516. The molecule has 0 amide bonds. The molecule has 110 valence electrons. The number of nitrogens with one attached hydrogen (secondary N) is 1. The molecule has 1 rings (SSSR count). The van der Waals surface area contributed by atoms with E-state index in [-0.39, 0.29) is 23.9 Å². The summed E-state index contributed by atoms with van der Waals surface area (Å²) in [6.07, 6.45) is -2.55. The molecule has 0 unspecified atom stereocenters. The van der Waals surface area contributed by atoms with Gasteiger partial charge in [0.25, 0.3) is 6.43 Å². The van der Waals surface area contributed by atoms with Crippen molar-refractivity contribution in [2.75, 3.05) is 19.8 Å². The highest BCUT2D eigenvalue weighted by molar-refractivity contribution is 7.91. The molecule has 0 radical (unpaired) electrons. The van der Waals surface area contributed by atoms with Crippen molar-refractivity contribution >= 4 is 21.4 Å². The average molecular weight is 314 g/mol. The molecule has 0 aliphatic heterocycles. The van der Waals surface area contributed by atoms with E-state index < -0.39 is 23.1 Å². The third kappa shape index (κ3) is 5.11. The number of nitrogens with two attached hydrogens (primary N) is 1. The summed E-state index contributed by atoms with van der Waals surface area (Å²) in [5, 5.41) is 0. The van der Waals surface area contributed by atoms with Crippen LogP contribution in [0, 0.1) is 6.92 Å². The number of aryl methyl sites for hydroxylation is 1. The highest BCUT2D eigenvalue weighted by atomic mass is 32.2. The Balaban J connectivity index is 2.51. The van der Waals surface area contributed by atoms with Crippen molar-refractivity contribution in [1.29, 1.82) is 0 Å². The molecule has 0 aromatic carbocycles. The SMILES string of the molecule is Cc1cc(S(=O)(=O)NCCOCC(F)F)sc1CN. The fourth-order valence-electron chi connectivity index (χ4n) is 1.32. The maximum atomic E-state index is 11.9. The number of sulfonamides is 1. The van der Waals surface area contributed by atoms with Gasteiger partial charge in [-0.25, -0.2) is 21.9 Å². The third-order valence-electron chi connectivity index (χ3n) is 2.23. The quantitative estimate of drug-likeness (QED) is 0.703. The maximum Gasteiger partial charge on any atom is 0.261 e. The van der Waals surface area contributed by atoms with Gasteiger partial charge in [0.15, 0.2) is 0 Å². The largest absolute Gasteiger partial charge is 0.374 e. The lowest BCUT2D eigenvalue weighted by Crippen LogP contribution is -2.27. The Hall–Kier alpha value is -0.610. The van der Waals surface area contributed by atoms with Crippen molar-refractivity contribution in [3.63, 3.8) is 0 Å². The fourth-order valence-corrected chi connectivity index (χ4v) is 3.84. The van der Waals surface area contributed by atoms with Crippen molar-refractivity contribution in [2.45, 2.75) is 24.1 Å². The van der Waals surface area contributed by atoms with Crippen LogP contribution in [-0.2, 0) is 21.3 Å². The molecule has 0 aliphatic rings. The first-order chi connectivity index (χ1) is 8.86. The Morgan fingerprint density at radius 1 is 1.53 bits per heavy atom. The minimum atomic E-state index is -3.63. The molecule has 1 aromatic heterocycles. The number of alkyl halides is 2. The molecule has 0 fully saturated rings. The molecule has 1 heterocycles. The van der Waals surface area contributed by atoms with E-state index in [0.29, 0.717) is 0 Å². The third-order valence-corrected chi connectivity index (χ3v) is 5.42. The van der Waals surface area contributed by atoms with Gasteiger partial charge >= 0.3 is 0 Å². The van der Waals surface area contributed by atoms with Crippen LogP contribution in [0.2, 0.25) is 0 Å². The van der Waals surface area contributed by atoms with E-state index >= 15 is 0 Å². The van der Waals surface area contributed by atoms with Crippen LogP contribution in [-0.4, -0.2) is 34.6 Å². The average Bonchev–Trinajstić information content (AvgIpc) is 2.70. The Labute approximate surface area is 114 Å². The second kappa shape index (κ2) is 7.25. The minimum Gasteiger partial charge on any atom is -0.374 e. The predicted octanol–water partition coefficient (Wildman–Crippen LogP) is 1.08. The lowest BCUT2D eigenvalue weighted by Gasteiger charge is -2.05. The molecule has 0 saturated carbocycles. The first-order valence-corrected chi connectivity index (χ1v) is 7.81. The zero-order valence-corrected chi connectivity index (χ0v) is 12.0. The summed E-state index contributed by atoms with van der Waals surface area (Å²) in [6, 6.07) is 1.54. The lowest BCUT2D eigenvalue weighted by atomic mass is 10.3. The van der Waals surface area contributed by atoms with E-state index in [4.69, 9.17) is 5.73 Å². The molecule has 0 aliphatic carbocycles. The molecule has 0 atom stereocenters. The van der Waals surface area contributed by atoms with Gasteiger partial charge in [0, 0.05) is 18.0 Å². The Bertz CT molecular complexity index is 503. The summed E-state index contributed by atoms with van der Waals surface area (Å²) in [7, 11) is -3.63. The Morgan fingerprint density at radius 2 is 2.21 bits per heavy atom. The van der Waals surface area contributed by atoms with Crippen LogP contribution in [0.25, 0.3) is 0 Å². The van der Waals surface area contributed by atoms with Crippen molar-refractivity contribution < 1.29 is 21.9 Å². The first-order valence-electron chi connectivity index (χ1n) is 5.51. The highest BCUT2D eigenvalue weighted by Crippen LogP contribution is 2.25. The molecule has 5 nitrogen and oxygen atoms in total. The second-order valence-electron chi connectivity index (χ2n) is 3.74. The Morgan fingerprint density at radius 3 is 2.74 bits per heavy atom. The fraction of sp³-hybridized carbons (Fsp3) is 0.600. The van der Waals surface area contributed by atoms with Gasteiger partial charge in [0.05, 0.1) is 6.61 Å². The van der Waals surface area contributed by atoms with Gasteiger partial charge in [0.1, 0.15) is 10.8 Å². The second-order valence-corrected chi connectivity index (χ2v) is 6.87. The number of hydrogen-bond donors (Lipinski definition) is 2. The zero-order valence-electron chi connectivity index (χ0n) is 10.4. The molecular weight excluding hydrogens is 298 g/mol. The molecule has 9 heteroatoms. The van der Waals surface area contributed by atoms with Gasteiger partial charge in [-0.15, -0.1) is 11.3 Å². The zero-order chi connectivity index (χ0) is 14.5. The van der Waals surface area contributed by atoms with Gasteiger partial charge < -0.3 is 10.5 Å². The lowest BCUT2D eigenvalue weighted by molar-refractivity contribution is 0.0199. The molecule has 0 spiro atoms. The van der Waals surface area contributed by atoms with Crippen LogP contribution in [0.15, 0.2) is 10.3 Å². The van der Waals surface area contributed by atoms with Crippen LogP contribution in [0.4, 0.5) is 8.78 Å². The van der Waals surface area contributed by atoms with E-state index in [0.717, 1.165) is 21.8 Å². The molecule has 0 saturated heterocycles. The Kier molecular flexibility index (Phi) is 6.27. The summed E-state index contributed by atoms with van der Waals surface area (Å²) in [6.45, 7) is 1.21. The summed E-state index contributed by atoms with van der Waals surface area (Å²) in [5.74, 6) is 0. The number of thiophene rings is 1. The standard InChI is InChI=1S/C10H16F2N2O3S2/c1-7-4-10(18-8(7)5-13)19(15,16)14-2-3-17-6-9(11)12/h4,9,14H,2-3,5-6,13H2,1H3. The number of ether oxygens (including phenoxy) is 1. The highest BCUT2D eigenvalue weighted by Gasteiger charge is 2.18. The van der Waals surface area contributed by atoms with Crippen molar-refractivity contribution in [2.24, 2.45) is 5.73 Å². The van der Waals surface area contributed by atoms with Gasteiger partial charge in [-0.05, 0) is 18.6 Å². The van der Waals surface area contributed by atoms with Crippen LogP contribution in [0.1, 0.15) is 10.4 Å². The van der Waals surface area contributed by atoms with Crippen molar-refractivity contribution in [3.05, 3.63) is 16.5 Å². The monoisotopic (exact) mass is 314 g/mol. The van der Waals surface area contributed by atoms with Gasteiger partial charge in [-0.1, -0.05) is 0 Å². The van der Waals surface area contributed by atoms with E-state index in [2.05, 4.69) is 9.46 Å². The van der Waals surface area contributed by atoms with Crippen LogP contribution in [0.5, 0.6) is 0 Å². The number of halogens is 2. The molecule has 3 N–H and O–H groups in total. The summed E-state index contributed by atoms with van der Waals surface area (Å²) in [5.41, 5.74) is 6.30. The van der Waals surface area contributed by atoms with E-state index in [1.54, 1.807) is 6.92 Å². The summed E-state index contributed by atoms with van der Waals surface area (Å²) < 4.78 is 54.3. The van der Waals surface area contributed by atoms with Crippen LogP contribution < -0.4 is 10.5 Å². The summed E-state index contributed by atoms with van der Waals surface area (Å²) >= 11 is 1.10. The van der Waals surface area contributed by atoms with Crippen molar-refractivity contribution in [3.8, 4) is 0 Å². The number of rotatable bonds is 8. The van der Waals surface area contributed by atoms with Gasteiger partial charge in [-0.3, -0.25) is 0 Å². The molecule has 19 heavy (non-hydrogen) atoms. The van der Waals surface area contributed by atoms with Crippen molar-refractivity contribution in [1.82, 2.24) is 4.72 Å². The van der Waals surface area contributed by atoms with Gasteiger partial charge in [-0.2, -0.15) is 0 Å². The van der Waals surface area contributed by atoms with E-state index in [1.807, 2.05) is 0 Å².